The molecule has 10 heteroatoms. The molecule has 2 amide bonds. The van der Waals surface area contributed by atoms with Crippen molar-refractivity contribution in [2.75, 3.05) is 6.54 Å². The summed E-state index contributed by atoms with van der Waals surface area (Å²) in [7, 11) is -3.96. The summed E-state index contributed by atoms with van der Waals surface area (Å²) in [5, 5.41) is 2.54. The second-order valence-electron chi connectivity index (χ2n) is 8.08. The molecule has 0 aliphatic carbocycles. The van der Waals surface area contributed by atoms with E-state index in [9.17, 15) is 22.0 Å². The Bertz CT molecular complexity index is 1480. The molecule has 2 aromatic heterocycles. The summed E-state index contributed by atoms with van der Waals surface area (Å²) in [6.07, 6.45) is 2.21. The number of urea groups is 1. The number of hydrogen-bond acceptors (Lipinski definition) is 4. The summed E-state index contributed by atoms with van der Waals surface area (Å²) in [5.74, 6) is -1.42. The first-order valence-electron chi connectivity index (χ1n) is 11.0. The lowest BCUT2D eigenvalue weighted by Gasteiger charge is -2.10. The number of amides is 2. The Morgan fingerprint density at radius 1 is 1.06 bits per heavy atom. The molecule has 0 bridgehead atoms. The standard InChI is InChI=1S/C25H24F2N4O3S/c1-3-22-23(31-15-19(26)14-21(27)24(31)29-22)18-8-6-17(7-9-18)12-13-28-25(32)30-35(33,34)20-10-4-16(2)5-11-20/h4-11,14-15H,3,12-13H2,1-2H3,(H2,28,30,32). The van der Waals surface area contributed by atoms with Crippen molar-refractivity contribution in [1.82, 2.24) is 19.4 Å². The lowest BCUT2D eigenvalue weighted by molar-refractivity contribution is 0.246. The van der Waals surface area contributed by atoms with Crippen LogP contribution in [0.5, 0.6) is 0 Å². The topological polar surface area (TPSA) is 92.6 Å². The monoisotopic (exact) mass is 498 g/mol. The Balaban J connectivity index is 1.41. The van der Waals surface area contributed by atoms with Gasteiger partial charge in [-0.15, -0.1) is 0 Å². The van der Waals surface area contributed by atoms with Crippen LogP contribution < -0.4 is 10.0 Å². The van der Waals surface area contributed by atoms with E-state index in [0.717, 1.165) is 22.8 Å². The molecular weight excluding hydrogens is 474 g/mol. The molecule has 4 aromatic rings. The number of pyridine rings is 1. The van der Waals surface area contributed by atoms with Gasteiger partial charge in [-0.1, -0.05) is 48.9 Å². The minimum Gasteiger partial charge on any atom is -0.337 e. The number of aryl methyl sites for hydroxylation is 2. The van der Waals surface area contributed by atoms with Gasteiger partial charge in [-0.25, -0.2) is 31.7 Å². The van der Waals surface area contributed by atoms with Crippen molar-refractivity contribution in [2.24, 2.45) is 0 Å². The predicted octanol–water partition coefficient (Wildman–Crippen LogP) is 4.38. The van der Waals surface area contributed by atoms with E-state index in [4.69, 9.17) is 0 Å². The molecule has 0 spiro atoms. The van der Waals surface area contributed by atoms with Crippen LogP contribution in [0.15, 0.2) is 65.7 Å². The summed E-state index contributed by atoms with van der Waals surface area (Å²) in [5.41, 5.74) is 3.88. The number of hydrogen-bond donors (Lipinski definition) is 2. The minimum atomic E-state index is -3.96. The average molecular weight is 499 g/mol. The van der Waals surface area contributed by atoms with Gasteiger partial charge < -0.3 is 5.32 Å². The van der Waals surface area contributed by atoms with Crippen molar-refractivity contribution in [3.05, 3.63) is 89.2 Å². The van der Waals surface area contributed by atoms with Gasteiger partial charge in [-0.3, -0.25) is 4.40 Å². The quantitative estimate of drug-likeness (QED) is 0.396. The van der Waals surface area contributed by atoms with E-state index < -0.39 is 27.7 Å². The number of fused-ring (bicyclic) bond motifs is 1. The van der Waals surface area contributed by atoms with Crippen molar-refractivity contribution in [1.29, 1.82) is 0 Å². The van der Waals surface area contributed by atoms with Crippen LogP contribution in [0, 0.1) is 18.6 Å². The Labute approximate surface area is 201 Å². The molecular formula is C25H24F2N4O3S. The highest BCUT2D eigenvalue weighted by Crippen LogP contribution is 2.27. The summed E-state index contributed by atoms with van der Waals surface area (Å²) in [4.78, 5) is 16.4. The number of nitrogens with zero attached hydrogens (tertiary/aromatic N) is 2. The van der Waals surface area contributed by atoms with Gasteiger partial charge in [0.2, 0.25) is 0 Å². The zero-order valence-corrected chi connectivity index (χ0v) is 20.0. The number of benzene rings is 2. The van der Waals surface area contributed by atoms with Crippen LogP contribution in [-0.2, 0) is 22.9 Å². The highest BCUT2D eigenvalue weighted by atomic mass is 32.2. The largest absolute Gasteiger partial charge is 0.337 e. The van der Waals surface area contributed by atoms with Gasteiger partial charge in [0.05, 0.1) is 16.3 Å². The van der Waals surface area contributed by atoms with Crippen LogP contribution in [0.3, 0.4) is 0 Å². The number of rotatable bonds is 7. The second kappa shape index (κ2) is 9.83. The normalized spacial score (nSPS) is 11.5. The Morgan fingerprint density at radius 2 is 1.74 bits per heavy atom. The summed E-state index contributed by atoms with van der Waals surface area (Å²) in [6, 6.07) is 13.5. The molecule has 35 heavy (non-hydrogen) atoms. The van der Waals surface area contributed by atoms with Crippen LogP contribution >= 0.6 is 0 Å². The second-order valence-corrected chi connectivity index (χ2v) is 9.76. The molecule has 0 aliphatic rings. The maximum atomic E-state index is 14.2. The first-order chi connectivity index (χ1) is 16.7. The maximum absolute atomic E-state index is 14.2. The van der Waals surface area contributed by atoms with E-state index >= 15 is 0 Å². The van der Waals surface area contributed by atoms with E-state index in [0.29, 0.717) is 24.2 Å². The van der Waals surface area contributed by atoms with E-state index in [2.05, 4.69) is 10.3 Å². The third-order valence-electron chi connectivity index (χ3n) is 5.53. The van der Waals surface area contributed by atoms with Crippen LogP contribution in [0.4, 0.5) is 13.6 Å². The zero-order valence-electron chi connectivity index (χ0n) is 19.2. The fourth-order valence-electron chi connectivity index (χ4n) is 3.76. The summed E-state index contributed by atoms with van der Waals surface area (Å²) >= 11 is 0. The van der Waals surface area contributed by atoms with Crippen LogP contribution in [0.25, 0.3) is 16.9 Å². The Kier molecular flexibility index (Phi) is 6.83. The van der Waals surface area contributed by atoms with Gasteiger partial charge in [0.1, 0.15) is 5.82 Å². The number of carbonyl (C=O) groups is 1. The molecule has 0 saturated heterocycles. The van der Waals surface area contributed by atoms with Crippen molar-refractivity contribution >= 4 is 21.7 Å². The molecule has 0 radical (unpaired) electrons. The molecule has 0 unspecified atom stereocenters. The summed E-state index contributed by atoms with van der Waals surface area (Å²) in [6.45, 7) is 3.94. The Morgan fingerprint density at radius 3 is 2.40 bits per heavy atom. The Hall–Kier alpha value is -3.79. The molecule has 0 atom stereocenters. The van der Waals surface area contributed by atoms with Gasteiger partial charge >= 0.3 is 6.03 Å². The predicted molar refractivity (Wildman–Crippen MR) is 129 cm³/mol. The molecule has 0 saturated carbocycles. The molecule has 2 N–H and O–H groups in total. The average Bonchev–Trinajstić information content (AvgIpc) is 3.18. The van der Waals surface area contributed by atoms with Gasteiger partial charge in [-0.2, -0.15) is 0 Å². The lowest BCUT2D eigenvalue weighted by Crippen LogP contribution is -2.40. The van der Waals surface area contributed by atoms with Crippen molar-refractivity contribution in [3.8, 4) is 11.3 Å². The van der Waals surface area contributed by atoms with Crippen molar-refractivity contribution < 1.29 is 22.0 Å². The highest BCUT2D eigenvalue weighted by molar-refractivity contribution is 7.90. The maximum Gasteiger partial charge on any atom is 0.328 e. The molecule has 182 valence electrons. The minimum absolute atomic E-state index is 0.00689. The first kappa shape index (κ1) is 24.3. The van der Waals surface area contributed by atoms with Crippen LogP contribution in [-0.4, -0.2) is 30.4 Å². The molecule has 0 aliphatic heterocycles. The van der Waals surface area contributed by atoms with Crippen molar-refractivity contribution in [3.63, 3.8) is 0 Å². The first-order valence-corrected chi connectivity index (χ1v) is 12.5. The number of imidazole rings is 1. The van der Waals surface area contributed by atoms with Crippen LogP contribution in [0.1, 0.15) is 23.7 Å². The number of carbonyl (C=O) groups excluding carboxylic acids is 1. The summed E-state index contributed by atoms with van der Waals surface area (Å²) < 4.78 is 56.0. The fourth-order valence-corrected chi connectivity index (χ4v) is 4.68. The van der Waals surface area contributed by atoms with Gasteiger partial charge in [0.15, 0.2) is 11.5 Å². The molecule has 7 nitrogen and oxygen atoms in total. The SMILES string of the molecule is CCc1nc2c(F)cc(F)cn2c1-c1ccc(CCNC(=O)NS(=O)(=O)c2ccc(C)cc2)cc1. The van der Waals surface area contributed by atoms with Crippen molar-refractivity contribution in [2.45, 2.75) is 31.6 Å². The molecule has 2 aromatic carbocycles. The number of halogens is 2. The van der Waals surface area contributed by atoms with Gasteiger partial charge in [0.25, 0.3) is 10.0 Å². The molecule has 0 fully saturated rings. The lowest BCUT2D eigenvalue weighted by atomic mass is 10.0. The van der Waals surface area contributed by atoms with Gasteiger partial charge in [-0.05, 0) is 37.5 Å². The molecule has 4 rings (SSSR count). The van der Waals surface area contributed by atoms with Crippen LogP contribution in [0.2, 0.25) is 0 Å². The number of sulfonamides is 1. The zero-order chi connectivity index (χ0) is 25.2. The highest BCUT2D eigenvalue weighted by Gasteiger charge is 2.18. The van der Waals surface area contributed by atoms with E-state index in [-0.39, 0.29) is 17.1 Å². The third kappa shape index (κ3) is 5.32. The molecule has 2 heterocycles. The fraction of sp³-hybridized carbons (Fsp3) is 0.200. The third-order valence-corrected chi connectivity index (χ3v) is 6.88. The number of aromatic nitrogens is 2. The smallest absolute Gasteiger partial charge is 0.328 e. The number of nitrogens with one attached hydrogen (secondary N) is 2. The van der Waals surface area contributed by atoms with E-state index in [1.807, 2.05) is 42.8 Å². The van der Waals surface area contributed by atoms with E-state index in [1.165, 1.54) is 22.7 Å². The van der Waals surface area contributed by atoms with E-state index in [1.54, 1.807) is 12.1 Å². The van der Waals surface area contributed by atoms with Gasteiger partial charge in [0, 0.05) is 24.4 Å².